The summed E-state index contributed by atoms with van der Waals surface area (Å²) >= 11 is 0. The Morgan fingerprint density at radius 2 is 1.65 bits per heavy atom. The number of carbonyl (C=O) groups excluding carboxylic acids is 1. The molecule has 7 heteroatoms. The number of Topliss-reactive ketones (excluding diaryl/α,β-unsaturated/α-hetero) is 1. The number of fused-ring (bicyclic) bond motifs is 3. The molecule has 1 fully saturated rings. The molecular weight excluding hydrogens is 464 g/mol. The topological polar surface area (TPSA) is 111 Å². The molecule has 182 valence electrons. The Kier molecular flexibility index (Phi) is 5.65. The molecule has 0 spiro atoms. The van der Waals surface area contributed by atoms with Crippen LogP contribution in [0.4, 0.5) is 11.4 Å². The smallest absolute Gasteiger partial charge is 0.275 e. The molecular formula is C30H24N4O3. The fourth-order valence-electron chi connectivity index (χ4n) is 6.27. The number of anilines is 1. The highest BCUT2D eigenvalue weighted by molar-refractivity contribution is 6.04. The maximum Gasteiger partial charge on any atom is 0.275 e. The highest BCUT2D eigenvalue weighted by Gasteiger charge is 2.64. The minimum absolute atomic E-state index is 0.0582. The number of nitro groups is 1. The Morgan fingerprint density at radius 1 is 1.00 bits per heavy atom. The van der Waals surface area contributed by atoms with Crippen molar-refractivity contribution in [1.82, 2.24) is 0 Å². The molecule has 0 bridgehead atoms. The van der Waals surface area contributed by atoms with Gasteiger partial charge in [-0.05, 0) is 49.6 Å². The van der Waals surface area contributed by atoms with Gasteiger partial charge in [0.2, 0.25) is 0 Å². The molecule has 0 amide bonds. The Morgan fingerprint density at radius 3 is 2.30 bits per heavy atom. The summed E-state index contributed by atoms with van der Waals surface area (Å²) in [6.07, 6.45) is 3.69. The largest absolute Gasteiger partial charge is 0.351 e. The monoisotopic (exact) mass is 488 g/mol. The summed E-state index contributed by atoms with van der Waals surface area (Å²) in [6.45, 7) is 5.15. The molecule has 3 atom stereocenters. The number of nitrogens with zero attached hydrogens (tertiary/aromatic N) is 4. The molecule has 5 rings (SSSR count). The average molecular weight is 489 g/mol. The Labute approximate surface area is 215 Å². The van der Waals surface area contributed by atoms with Gasteiger partial charge >= 0.3 is 0 Å². The Hall–Kier alpha value is -4.75. The van der Waals surface area contributed by atoms with Gasteiger partial charge in [0.1, 0.15) is 6.04 Å². The van der Waals surface area contributed by atoms with Crippen molar-refractivity contribution in [2.75, 3.05) is 4.90 Å². The number of ketones is 1. The summed E-state index contributed by atoms with van der Waals surface area (Å²) in [4.78, 5) is 27.8. The van der Waals surface area contributed by atoms with Crippen molar-refractivity contribution >= 4 is 23.2 Å². The number of hydrogen-bond acceptors (Lipinski definition) is 6. The third-order valence-electron chi connectivity index (χ3n) is 7.73. The molecule has 0 aromatic heterocycles. The van der Waals surface area contributed by atoms with E-state index in [1.165, 1.54) is 0 Å². The second-order valence-corrected chi connectivity index (χ2v) is 9.67. The summed E-state index contributed by atoms with van der Waals surface area (Å²) in [6, 6.07) is 21.0. The fourth-order valence-corrected chi connectivity index (χ4v) is 6.27. The normalized spacial score (nSPS) is 20.9. The van der Waals surface area contributed by atoms with Crippen LogP contribution < -0.4 is 4.90 Å². The molecule has 3 aromatic carbocycles. The van der Waals surface area contributed by atoms with E-state index in [-0.39, 0.29) is 11.5 Å². The van der Waals surface area contributed by atoms with Crippen molar-refractivity contribution in [3.8, 4) is 12.1 Å². The lowest BCUT2D eigenvalue weighted by molar-refractivity contribution is -0.386. The van der Waals surface area contributed by atoms with E-state index in [0.29, 0.717) is 27.8 Å². The van der Waals surface area contributed by atoms with E-state index < -0.39 is 28.3 Å². The van der Waals surface area contributed by atoms with Gasteiger partial charge in [-0.25, -0.2) is 0 Å². The number of para-hydroxylation sites is 1. The van der Waals surface area contributed by atoms with E-state index in [1.807, 2.05) is 54.3 Å². The number of rotatable bonds is 4. The van der Waals surface area contributed by atoms with Gasteiger partial charge in [-0.15, -0.1) is 0 Å². The highest BCUT2D eigenvalue weighted by Crippen LogP contribution is 2.57. The maximum atomic E-state index is 14.3. The second kappa shape index (κ2) is 8.72. The Bertz CT molecular complexity index is 1550. The predicted octanol–water partition coefficient (Wildman–Crippen LogP) is 5.80. The van der Waals surface area contributed by atoms with E-state index in [2.05, 4.69) is 12.1 Å². The lowest BCUT2D eigenvalue weighted by Gasteiger charge is -2.35. The van der Waals surface area contributed by atoms with Gasteiger partial charge < -0.3 is 4.90 Å². The number of benzene rings is 3. The fraction of sp³-hybridized carbons (Fsp3) is 0.233. The molecule has 2 aliphatic rings. The molecule has 3 aromatic rings. The molecule has 0 radical (unpaired) electrons. The minimum Gasteiger partial charge on any atom is -0.351 e. The maximum absolute atomic E-state index is 14.3. The lowest BCUT2D eigenvalue weighted by atomic mass is 9.67. The van der Waals surface area contributed by atoms with Gasteiger partial charge in [-0.3, -0.25) is 14.9 Å². The molecule has 0 N–H and O–H groups in total. The van der Waals surface area contributed by atoms with E-state index in [0.717, 1.165) is 11.3 Å². The van der Waals surface area contributed by atoms with E-state index in [1.54, 1.807) is 44.2 Å². The van der Waals surface area contributed by atoms with Crippen LogP contribution in [0.2, 0.25) is 0 Å². The number of carbonyl (C=O) groups is 1. The van der Waals surface area contributed by atoms with E-state index in [9.17, 15) is 25.4 Å². The van der Waals surface area contributed by atoms with Crippen LogP contribution in [0, 0.1) is 59.0 Å². The van der Waals surface area contributed by atoms with Crippen LogP contribution in [0.3, 0.4) is 0 Å². The third kappa shape index (κ3) is 3.36. The van der Waals surface area contributed by atoms with Crippen molar-refractivity contribution < 1.29 is 9.72 Å². The molecule has 0 unspecified atom stereocenters. The zero-order valence-corrected chi connectivity index (χ0v) is 20.7. The summed E-state index contributed by atoms with van der Waals surface area (Å²) in [5.74, 6) is -1.18. The number of nitriles is 2. The van der Waals surface area contributed by atoms with Gasteiger partial charge in [-0.1, -0.05) is 60.7 Å². The van der Waals surface area contributed by atoms with Gasteiger partial charge in [0, 0.05) is 28.3 Å². The van der Waals surface area contributed by atoms with E-state index >= 15 is 0 Å². The van der Waals surface area contributed by atoms with Crippen molar-refractivity contribution in [3.05, 3.63) is 110 Å². The number of hydrogen-bond donors (Lipinski definition) is 0. The van der Waals surface area contributed by atoms with Gasteiger partial charge in [0.15, 0.2) is 11.2 Å². The van der Waals surface area contributed by atoms with Crippen molar-refractivity contribution in [2.45, 2.75) is 38.8 Å². The first-order valence-electron chi connectivity index (χ1n) is 12.0. The van der Waals surface area contributed by atoms with Crippen LogP contribution in [0.15, 0.2) is 66.7 Å². The van der Waals surface area contributed by atoms with Gasteiger partial charge in [0.25, 0.3) is 5.69 Å². The molecule has 1 saturated heterocycles. The molecule has 7 nitrogen and oxygen atoms in total. The van der Waals surface area contributed by atoms with E-state index in [4.69, 9.17) is 0 Å². The molecule has 0 aliphatic carbocycles. The van der Waals surface area contributed by atoms with Crippen molar-refractivity contribution in [1.29, 1.82) is 10.5 Å². The summed E-state index contributed by atoms with van der Waals surface area (Å²) < 4.78 is 0. The molecule has 2 heterocycles. The number of aryl methyl sites for hydroxylation is 2. The molecule has 0 saturated carbocycles. The zero-order chi connectivity index (χ0) is 26.5. The molecule has 37 heavy (non-hydrogen) atoms. The number of nitro benzene ring substituents is 1. The first-order chi connectivity index (χ1) is 17.8. The SMILES string of the molecule is Cc1cc(C)c([N+](=O)[O-])c(C)c1[C@@H]1[C@H](C(=O)c2ccccc2)N2c3ccccc3C=C[C@@H]2C1(C#N)C#N. The van der Waals surface area contributed by atoms with Gasteiger partial charge in [0.05, 0.1) is 23.1 Å². The third-order valence-corrected chi connectivity index (χ3v) is 7.73. The predicted molar refractivity (Wildman–Crippen MR) is 140 cm³/mol. The van der Waals surface area contributed by atoms with Crippen molar-refractivity contribution in [2.24, 2.45) is 5.41 Å². The summed E-state index contributed by atoms with van der Waals surface area (Å²) in [7, 11) is 0. The second-order valence-electron chi connectivity index (χ2n) is 9.67. The van der Waals surface area contributed by atoms with Gasteiger partial charge in [-0.2, -0.15) is 10.5 Å². The first-order valence-corrected chi connectivity index (χ1v) is 12.0. The lowest BCUT2D eigenvalue weighted by Crippen LogP contribution is -2.44. The van der Waals surface area contributed by atoms with Crippen LogP contribution in [0.5, 0.6) is 0 Å². The van der Waals surface area contributed by atoms with Crippen LogP contribution >= 0.6 is 0 Å². The van der Waals surface area contributed by atoms with Crippen molar-refractivity contribution in [3.63, 3.8) is 0 Å². The Balaban J connectivity index is 1.88. The average Bonchev–Trinajstić information content (AvgIpc) is 3.18. The summed E-state index contributed by atoms with van der Waals surface area (Å²) in [5, 5.41) is 33.3. The first kappa shape index (κ1) is 24.0. The van der Waals surface area contributed by atoms with Crippen LogP contribution in [-0.2, 0) is 0 Å². The minimum atomic E-state index is -1.67. The zero-order valence-electron chi connectivity index (χ0n) is 20.7. The quantitative estimate of drug-likeness (QED) is 0.260. The summed E-state index contributed by atoms with van der Waals surface area (Å²) in [5.41, 5.74) is 2.44. The van der Waals surface area contributed by atoms with Crippen LogP contribution in [0.25, 0.3) is 6.08 Å². The van der Waals surface area contributed by atoms with Crippen LogP contribution in [-0.4, -0.2) is 22.8 Å². The molecule has 2 aliphatic heterocycles. The van der Waals surface area contributed by atoms with Crippen LogP contribution in [0.1, 0.15) is 44.1 Å². The standard InChI is InChI=1S/C30H24N4O3/c1-18-15-19(2)27(34(36)37)20(3)25(18)26-28(29(35)22-10-5-4-6-11-22)33-23-12-8-7-9-21(23)13-14-24(33)30(26,16-31)17-32/h4-15,24,26,28H,1-3H3/t24-,26-,28-/m1/s1. The highest BCUT2D eigenvalue weighted by atomic mass is 16.6.